The summed E-state index contributed by atoms with van der Waals surface area (Å²) in [5.41, 5.74) is 0. The molecule has 0 aromatic rings. The molecule has 0 rings (SSSR count). The summed E-state index contributed by atoms with van der Waals surface area (Å²) in [4.78, 5) is 0. The van der Waals surface area contributed by atoms with Crippen molar-refractivity contribution in [3.8, 4) is 0 Å². The largest absolute Gasteiger partial charge is 2.00 e. The van der Waals surface area contributed by atoms with Gasteiger partial charge in [-0.15, -0.1) is 0 Å². The van der Waals surface area contributed by atoms with Crippen molar-refractivity contribution in [1.29, 1.82) is 0 Å². The first-order valence-corrected chi connectivity index (χ1v) is 0. The molecule has 0 amide bonds. The minimum absolute atomic E-state index is 0. The smallest absolute Gasteiger partial charge is 1.00 e. The summed E-state index contributed by atoms with van der Waals surface area (Å²) < 4.78 is 0. The average Bonchev–Trinajstić information content (AvgIpc) is 0. The standard InChI is InChI=1S/4HI.2Zn/h4*1H;;/q;;;;2*+2/p-4. The van der Waals surface area contributed by atoms with Crippen molar-refractivity contribution in [1.82, 2.24) is 0 Å². The quantitative estimate of drug-likeness (QED) is 0.183. The minimum atomic E-state index is 0. The molecule has 0 atom stereocenters. The molecule has 0 nitrogen and oxygen atoms in total. The summed E-state index contributed by atoms with van der Waals surface area (Å²) >= 11 is 0. The van der Waals surface area contributed by atoms with E-state index in [0.29, 0.717) is 0 Å². The van der Waals surface area contributed by atoms with Crippen LogP contribution in [0.2, 0.25) is 0 Å². The van der Waals surface area contributed by atoms with E-state index in [0.717, 1.165) is 0 Å². The molecule has 0 aromatic heterocycles. The zero-order valence-corrected chi connectivity index (χ0v) is 17.5. The van der Waals surface area contributed by atoms with Crippen LogP contribution in [0.1, 0.15) is 0 Å². The van der Waals surface area contributed by atoms with Gasteiger partial charge in [0.2, 0.25) is 0 Å². The van der Waals surface area contributed by atoms with Crippen LogP contribution in [-0.4, -0.2) is 0 Å². The van der Waals surface area contributed by atoms with E-state index in [1.165, 1.54) is 0 Å². The Hall–Kier alpha value is 4.17. The molecule has 0 fully saturated rings. The van der Waals surface area contributed by atoms with E-state index in [1.54, 1.807) is 0 Å². The van der Waals surface area contributed by atoms with Crippen molar-refractivity contribution in [2.75, 3.05) is 0 Å². The molecular weight excluding hydrogens is 638 g/mol. The van der Waals surface area contributed by atoms with Gasteiger partial charge in [0, 0.05) is 0 Å². The molecule has 6 heteroatoms. The number of hydrogen-bond acceptors (Lipinski definition) is 0. The maximum Gasteiger partial charge on any atom is 2.00 e. The van der Waals surface area contributed by atoms with E-state index in [1.807, 2.05) is 0 Å². The van der Waals surface area contributed by atoms with E-state index < -0.39 is 0 Å². The molecule has 0 aromatic carbocycles. The van der Waals surface area contributed by atoms with Crippen molar-refractivity contribution >= 4 is 0 Å². The molecule has 0 radical (unpaired) electrons. The summed E-state index contributed by atoms with van der Waals surface area (Å²) in [5, 5.41) is 0. The van der Waals surface area contributed by atoms with Gasteiger partial charge in [-0.05, 0) is 0 Å². The molecule has 0 aliphatic rings. The number of hydrogen-bond donors (Lipinski definition) is 0. The fourth-order valence-corrected chi connectivity index (χ4v) is 0. The first kappa shape index (κ1) is 49.2. The maximum atomic E-state index is 0. The minimum Gasteiger partial charge on any atom is -1.00 e. The monoisotopic (exact) mass is 635 g/mol. The zero-order valence-electron chi connectivity index (χ0n) is 2.93. The fraction of sp³-hybridized carbons (Fsp3) is 0. The third-order valence-electron chi connectivity index (χ3n) is 0. The molecule has 0 saturated heterocycles. The second kappa shape index (κ2) is 35.2. The van der Waals surface area contributed by atoms with Crippen molar-refractivity contribution in [2.24, 2.45) is 0 Å². The Labute approximate surface area is 132 Å². The van der Waals surface area contributed by atoms with E-state index in [4.69, 9.17) is 0 Å². The van der Waals surface area contributed by atoms with Crippen LogP contribution in [0.25, 0.3) is 0 Å². The Balaban J connectivity index is 0. The van der Waals surface area contributed by atoms with Crippen LogP contribution in [0.3, 0.4) is 0 Å². The Morgan fingerprint density at radius 2 is 0.333 bits per heavy atom. The second-order valence-electron chi connectivity index (χ2n) is 0. The average molecular weight is 638 g/mol. The van der Waals surface area contributed by atoms with E-state index in [-0.39, 0.29) is 135 Å². The molecule has 0 spiro atoms. The summed E-state index contributed by atoms with van der Waals surface area (Å²) in [6.45, 7) is 0. The van der Waals surface area contributed by atoms with Gasteiger partial charge in [-0.25, -0.2) is 0 Å². The number of halogens is 4. The maximum absolute atomic E-state index is 0. The van der Waals surface area contributed by atoms with Crippen LogP contribution >= 0.6 is 0 Å². The zero-order chi connectivity index (χ0) is 0. The number of rotatable bonds is 0. The topological polar surface area (TPSA) is 0 Å². The molecular formula is I4Zn2. The van der Waals surface area contributed by atoms with Gasteiger partial charge in [0.25, 0.3) is 0 Å². The Morgan fingerprint density at radius 3 is 0.333 bits per heavy atom. The summed E-state index contributed by atoms with van der Waals surface area (Å²) in [5.74, 6) is 0. The van der Waals surface area contributed by atoms with Gasteiger partial charge in [0.05, 0.1) is 0 Å². The predicted octanol–water partition coefficient (Wildman–Crippen LogP) is -12.0. The third kappa shape index (κ3) is 24.2. The van der Waals surface area contributed by atoms with Crippen molar-refractivity contribution in [3.05, 3.63) is 0 Å². The Bertz CT molecular complexity index is 5.51. The van der Waals surface area contributed by atoms with Crippen molar-refractivity contribution in [3.63, 3.8) is 0 Å². The summed E-state index contributed by atoms with van der Waals surface area (Å²) in [6.07, 6.45) is 0. The van der Waals surface area contributed by atoms with Gasteiger partial charge < -0.3 is 95.9 Å². The molecule has 0 unspecified atom stereocenters. The van der Waals surface area contributed by atoms with E-state index >= 15 is 0 Å². The Morgan fingerprint density at radius 1 is 0.333 bits per heavy atom. The normalized spacial score (nSPS) is 0. The molecule has 0 saturated carbocycles. The van der Waals surface area contributed by atoms with E-state index in [9.17, 15) is 0 Å². The van der Waals surface area contributed by atoms with Crippen LogP contribution in [0.5, 0.6) is 0 Å². The molecule has 0 aliphatic carbocycles. The third-order valence-corrected chi connectivity index (χ3v) is 0. The predicted molar refractivity (Wildman–Crippen MR) is 0 cm³/mol. The summed E-state index contributed by atoms with van der Waals surface area (Å²) in [7, 11) is 0. The SMILES string of the molecule is [I-].[I-].[I-].[I-].[Zn+2].[Zn+2]. The van der Waals surface area contributed by atoms with Crippen LogP contribution in [0, 0.1) is 0 Å². The molecule has 0 N–H and O–H groups in total. The Kier molecular flexibility index (Phi) is 289. The van der Waals surface area contributed by atoms with Crippen LogP contribution in [0.15, 0.2) is 0 Å². The molecule has 0 aliphatic heterocycles. The summed E-state index contributed by atoms with van der Waals surface area (Å²) in [6, 6.07) is 0. The van der Waals surface area contributed by atoms with Crippen LogP contribution in [0.4, 0.5) is 0 Å². The van der Waals surface area contributed by atoms with Crippen molar-refractivity contribution in [2.45, 2.75) is 0 Å². The van der Waals surface area contributed by atoms with Gasteiger partial charge in [0.1, 0.15) is 0 Å². The van der Waals surface area contributed by atoms with Gasteiger partial charge in [0.15, 0.2) is 0 Å². The van der Waals surface area contributed by atoms with Gasteiger partial charge in [-0.3, -0.25) is 0 Å². The molecule has 6 heavy (non-hydrogen) atoms. The van der Waals surface area contributed by atoms with Crippen LogP contribution < -0.4 is 95.9 Å². The first-order chi connectivity index (χ1) is 0. The van der Waals surface area contributed by atoms with Gasteiger partial charge in [-0.1, -0.05) is 0 Å². The van der Waals surface area contributed by atoms with E-state index in [2.05, 4.69) is 0 Å². The molecule has 0 heterocycles. The molecule has 0 bridgehead atoms. The molecule has 32 valence electrons. The van der Waals surface area contributed by atoms with Crippen LogP contribution in [-0.2, 0) is 39.0 Å². The second-order valence-corrected chi connectivity index (χ2v) is 0. The fourth-order valence-electron chi connectivity index (χ4n) is 0. The van der Waals surface area contributed by atoms with Gasteiger partial charge >= 0.3 is 39.0 Å². The first-order valence-electron chi connectivity index (χ1n) is 0. The van der Waals surface area contributed by atoms with Crippen molar-refractivity contribution < 1.29 is 135 Å². The van der Waals surface area contributed by atoms with Gasteiger partial charge in [-0.2, -0.15) is 0 Å².